The first-order valence-electron chi connectivity index (χ1n) is 9.60. The summed E-state index contributed by atoms with van der Waals surface area (Å²) >= 11 is 0. The van der Waals surface area contributed by atoms with Gasteiger partial charge in [0.15, 0.2) is 0 Å². The van der Waals surface area contributed by atoms with Gasteiger partial charge in [0, 0.05) is 54.2 Å². The van der Waals surface area contributed by atoms with Crippen LogP contribution in [0.1, 0.15) is 11.3 Å². The fraction of sp³-hybridized carbons (Fsp3) is 0.318. The van der Waals surface area contributed by atoms with E-state index in [0.29, 0.717) is 0 Å². The fourth-order valence-corrected chi connectivity index (χ4v) is 3.77. The van der Waals surface area contributed by atoms with Gasteiger partial charge < -0.3 is 20.1 Å². The highest BCUT2D eigenvalue weighted by molar-refractivity contribution is 5.96. The number of rotatable bonds is 4. The standard InChI is InChI=1S/C22H25FN4O/c1-15-19(20-13-16(23)3-8-21(20)24-15)14-22(28)25-17-4-6-18(7-5-17)27-11-9-26(2)10-12-27/h3-8,13,24H,9-12,14H2,1-2H3,(H,25,28). The lowest BCUT2D eigenvalue weighted by molar-refractivity contribution is -0.115. The number of carbonyl (C=O) groups excluding carboxylic acids is 1. The summed E-state index contributed by atoms with van der Waals surface area (Å²) in [4.78, 5) is 20.4. The van der Waals surface area contributed by atoms with E-state index in [4.69, 9.17) is 0 Å². The van der Waals surface area contributed by atoms with Gasteiger partial charge in [0.05, 0.1) is 6.42 Å². The van der Waals surface area contributed by atoms with Gasteiger partial charge in [-0.15, -0.1) is 0 Å². The second kappa shape index (κ2) is 7.64. The van der Waals surface area contributed by atoms with Crippen LogP contribution in [0.2, 0.25) is 0 Å². The molecule has 1 aliphatic heterocycles. The van der Waals surface area contributed by atoms with Gasteiger partial charge in [-0.3, -0.25) is 4.79 Å². The van der Waals surface area contributed by atoms with E-state index < -0.39 is 0 Å². The summed E-state index contributed by atoms with van der Waals surface area (Å²) < 4.78 is 13.6. The molecular formula is C22H25FN4O. The summed E-state index contributed by atoms with van der Waals surface area (Å²) in [6.07, 6.45) is 0.204. The summed E-state index contributed by atoms with van der Waals surface area (Å²) in [5.41, 5.74) is 4.51. The van der Waals surface area contributed by atoms with Crippen LogP contribution in [0.25, 0.3) is 10.9 Å². The fourth-order valence-electron chi connectivity index (χ4n) is 3.77. The molecule has 1 saturated heterocycles. The summed E-state index contributed by atoms with van der Waals surface area (Å²) in [6.45, 7) is 6.05. The molecule has 1 aliphatic rings. The number of nitrogens with zero attached hydrogens (tertiary/aromatic N) is 2. The Kier molecular flexibility index (Phi) is 5.05. The predicted octanol–water partition coefficient (Wildman–Crippen LogP) is 3.55. The Morgan fingerprint density at radius 2 is 1.82 bits per heavy atom. The monoisotopic (exact) mass is 380 g/mol. The van der Waals surface area contributed by atoms with Gasteiger partial charge in [0.1, 0.15) is 5.82 Å². The second-order valence-corrected chi connectivity index (χ2v) is 7.48. The molecule has 2 heterocycles. The lowest BCUT2D eigenvalue weighted by Gasteiger charge is -2.34. The highest BCUT2D eigenvalue weighted by atomic mass is 19.1. The molecule has 2 N–H and O–H groups in total. The van der Waals surface area contributed by atoms with Gasteiger partial charge in [-0.2, -0.15) is 0 Å². The number of anilines is 2. The van der Waals surface area contributed by atoms with Crippen molar-refractivity contribution in [3.63, 3.8) is 0 Å². The average molecular weight is 380 g/mol. The van der Waals surface area contributed by atoms with Gasteiger partial charge >= 0.3 is 0 Å². The van der Waals surface area contributed by atoms with Crippen molar-refractivity contribution in [3.8, 4) is 0 Å². The van der Waals surface area contributed by atoms with E-state index in [1.807, 2.05) is 31.2 Å². The molecule has 0 radical (unpaired) electrons. The van der Waals surface area contributed by atoms with Crippen LogP contribution in [0.15, 0.2) is 42.5 Å². The predicted molar refractivity (Wildman–Crippen MR) is 111 cm³/mol. The van der Waals surface area contributed by atoms with Gasteiger partial charge in [0.25, 0.3) is 0 Å². The number of benzene rings is 2. The average Bonchev–Trinajstić information content (AvgIpc) is 2.98. The summed E-state index contributed by atoms with van der Waals surface area (Å²) in [5, 5.41) is 3.71. The first-order valence-corrected chi connectivity index (χ1v) is 9.60. The van der Waals surface area contributed by atoms with E-state index >= 15 is 0 Å². The molecule has 0 aliphatic carbocycles. The van der Waals surface area contributed by atoms with Crippen molar-refractivity contribution >= 4 is 28.2 Å². The maximum absolute atomic E-state index is 13.6. The molecule has 0 saturated carbocycles. The van der Waals surface area contributed by atoms with Crippen LogP contribution >= 0.6 is 0 Å². The number of halogens is 1. The number of hydrogen-bond donors (Lipinski definition) is 2. The topological polar surface area (TPSA) is 51.4 Å². The first kappa shape index (κ1) is 18.5. The van der Waals surface area contributed by atoms with Crippen LogP contribution < -0.4 is 10.2 Å². The number of nitrogens with one attached hydrogen (secondary N) is 2. The quantitative estimate of drug-likeness (QED) is 0.728. The second-order valence-electron chi connectivity index (χ2n) is 7.48. The number of aromatic nitrogens is 1. The SMILES string of the molecule is Cc1[nH]c2ccc(F)cc2c1CC(=O)Nc1ccc(N2CCN(C)CC2)cc1. The van der Waals surface area contributed by atoms with E-state index in [2.05, 4.69) is 27.1 Å². The number of fused-ring (bicyclic) bond motifs is 1. The zero-order chi connectivity index (χ0) is 19.7. The third-order valence-corrected chi connectivity index (χ3v) is 5.44. The minimum atomic E-state index is -0.298. The number of amides is 1. The third-order valence-electron chi connectivity index (χ3n) is 5.44. The van der Waals surface area contributed by atoms with E-state index in [1.165, 1.54) is 17.8 Å². The Hall–Kier alpha value is -2.86. The summed E-state index contributed by atoms with van der Waals surface area (Å²) in [7, 11) is 2.14. The molecule has 5 nitrogen and oxygen atoms in total. The van der Waals surface area contributed by atoms with Crippen molar-refractivity contribution < 1.29 is 9.18 Å². The number of hydrogen-bond acceptors (Lipinski definition) is 3. The largest absolute Gasteiger partial charge is 0.369 e. The Bertz CT molecular complexity index is 988. The summed E-state index contributed by atoms with van der Waals surface area (Å²) in [5.74, 6) is -0.409. The molecule has 146 valence electrons. The highest BCUT2D eigenvalue weighted by Gasteiger charge is 2.15. The van der Waals surface area contributed by atoms with Crippen molar-refractivity contribution in [1.82, 2.24) is 9.88 Å². The summed E-state index contributed by atoms with van der Waals surface area (Å²) in [6, 6.07) is 12.6. The van der Waals surface area contributed by atoms with Gasteiger partial charge in [-0.25, -0.2) is 4.39 Å². The normalized spacial score (nSPS) is 15.2. The Labute approximate surface area is 164 Å². The Balaban J connectivity index is 1.43. The third kappa shape index (κ3) is 3.87. The molecule has 1 amide bonds. The molecule has 6 heteroatoms. The Morgan fingerprint density at radius 3 is 2.54 bits per heavy atom. The maximum atomic E-state index is 13.6. The number of H-pyrrole nitrogens is 1. The van der Waals surface area contributed by atoms with Crippen LogP contribution in [0, 0.1) is 12.7 Å². The molecule has 3 aromatic rings. The van der Waals surface area contributed by atoms with Crippen molar-refractivity contribution in [2.45, 2.75) is 13.3 Å². The smallest absolute Gasteiger partial charge is 0.228 e. The van der Waals surface area contributed by atoms with Crippen molar-refractivity contribution in [3.05, 3.63) is 59.5 Å². The van der Waals surface area contributed by atoms with E-state index in [0.717, 1.165) is 54.0 Å². The number of carbonyl (C=O) groups is 1. The number of aromatic amines is 1. The molecule has 0 spiro atoms. The zero-order valence-electron chi connectivity index (χ0n) is 16.3. The lowest BCUT2D eigenvalue weighted by atomic mass is 10.1. The van der Waals surface area contributed by atoms with Gasteiger partial charge in [-0.05, 0) is 62.0 Å². The Morgan fingerprint density at radius 1 is 1.11 bits per heavy atom. The number of piperazine rings is 1. The van der Waals surface area contributed by atoms with Gasteiger partial charge in [0.2, 0.25) is 5.91 Å². The molecule has 0 unspecified atom stereocenters. The molecule has 0 bridgehead atoms. The molecule has 4 rings (SSSR count). The van der Waals surface area contributed by atoms with Gasteiger partial charge in [-0.1, -0.05) is 0 Å². The van der Waals surface area contributed by atoms with Crippen molar-refractivity contribution in [2.75, 3.05) is 43.4 Å². The molecule has 28 heavy (non-hydrogen) atoms. The molecule has 0 atom stereocenters. The first-order chi connectivity index (χ1) is 13.5. The molecule has 1 fully saturated rings. The molecular weight excluding hydrogens is 355 g/mol. The zero-order valence-corrected chi connectivity index (χ0v) is 16.3. The minimum absolute atomic E-state index is 0.111. The van der Waals surface area contributed by atoms with E-state index in [9.17, 15) is 9.18 Å². The van der Waals surface area contributed by atoms with E-state index in [1.54, 1.807) is 6.07 Å². The number of aryl methyl sites for hydroxylation is 1. The maximum Gasteiger partial charge on any atom is 0.228 e. The van der Waals surface area contributed by atoms with Crippen LogP contribution in [-0.4, -0.2) is 49.0 Å². The van der Waals surface area contributed by atoms with Crippen LogP contribution in [0.3, 0.4) is 0 Å². The minimum Gasteiger partial charge on any atom is -0.369 e. The van der Waals surface area contributed by atoms with Crippen molar-refractivity contribution in [1.29, 1.82) is 0 Å². The molecule has 2 aromatic carbocycles. The van der Waals surface area contributed by atoms with Crippen LogP contribution in [0.5, 0.6) is 0 Å². The van der Waals surface area contributed by atoms with Crippen LogP contribution in [-0.2, 0) is 11.2 Å². The molecule has 1 aromatic heterocycles. The highest BCUT2D eigenvalue weighted by Crippen LogP contribution is 2.24. The van der Waals surface area contributed by atoms with E-state index in [-0.39, 0.29) is 18.1 Å². The van der Waals surface area contributed by atoms with Crippen molar-refractivity contribution in [2.24, 2.45) is 0 Å². The van der Waals surface area contributed by atoms with Crippen LogP contribution in [0.4, 0.5) is 15.8 Å². The number of likely N-dealkylation sites (N-methyl/N-ethyl adjacent to an activating group) is 1. The lowest BCUT2D eigenvalue weighted by Crippen LogP contribution is -2.44.